The van der Waals surface area contributed by atoms with E-state index in [9.17, 15) is 0 Å². The fourth-order valence-corrected chi connectivity index (χ4v) is 1.86. The molecule has 62 valence electrons. The van der Waals surface area contributed by atoms with Crippen molar-refractivity contribution in [3.8, 4) is 0 Å². The molecule has 3 nitrogen and oxygen atoms in total. The average molecular weight is 246 g/mol. The largest absolute Gasteiger partial charge is 0.329 e. The fraction of sp³-hybridized carbons (Fsp3) is 0.143. The zero-order valence-corrected chi connectivity index (χ0v) is 8.57. The van der Waals surface area contributed by atoms with Crippen LogP contribution in [0.25, 0.3) is 11.0 Å². The van der Waals surface area contributed by atoms with Gasteiger partial charge in [-0.2, -0.15) is 0 Å². The van der Waals surface area contributed by atoms with Crippen LogP contribution < -0.4 is 0 Å². The minimum atomic E-state index is 0.564. The van der Waals surface area contributed by atoms with Crippen molar-refractivity contribution in [2.24, 2.45) is 0 Å². The minimum Gasteiger partial charge on any atom is -0.329 e. The van der Waals surface area contributed by atoms with Gasteiger partial charge in [-0.15, -0.1) is 0 Å². The summed E-state index contributed by atoms with van der Waals surface area (Å²) in [6.07, 6.45) is 1.51. The summed E-state index contributed by atoms with van der Waals surface area (Å²) in [4.78, 5) is 11.0. The van der Waals surface area contributed by atoms with Crippen LogP contribution in [0.1, 0.15) is 5.69 Å². The van der Waals surface area contributed by atoms with Crippen LogP contribution in [0, 0.1) is 6.92 Å². The van der Waals surface area contributed by atoms with Crippen LogP contribution in [0.2, 0.25) is 5.15 Å². The average Bonchev–Trinajstić information content (AvgIpc) is 2.29. The molecule has 0 aliphatic heterocycles. The van der Waals surface area contributed by atoms with Gasteiger partial charge in [0.2, 0.25) is 0 Å². The van der Waals surface area contributed by atoms with Crippen LogP contribution in [0.5, 0.6) is 0 Å². The van der Waals surface area contributed by atoms with Gasteiger partial charge in [-0.25, -0.2) is 9.97 Å². The van der Waals surface area contributed by atoms with Crippen molar-refractivity contribution in [3.63, 3.8) is 0 Å². The molecule has 12 heavy (non-hydrogen) atoms. The molecule has 5 heteroatoms. The molecule has 0 amide bonds. The Balaban J connectivity index is 2.97. The van der Waals surface area contributed by atoms with Crippen LogP contribution in [0.3, 0.4) is 0 Å². The smallest absolute Gasteiger partial charge is 0.143 e. The normalized spacial score (nSPS) is 10.9. The van der Waals surface area contributed by atoms with Gasteiger partial charge >= 0.3 is 0 Å². The molecule has 0 fully saturated rings. The molecule has 2 aromatic rings. The Bertz CT molecular complexity index is 437. The number of aryl methyl sites for hydroxylation is 1. The molecule has 2 heterocycles. The molecule has 2 aromatic heterocycles. The van der Waals surface area contributed by atoms with Crippen molar-refractivity contribution in [1.29, 1.82) is 0 Å². The summed E-state index contributed by atoms with van der Waals surface area (Å²) in [5, 5.41) is 1.51. The van der Waals surface area contributed by atoms with E-state index in [0.717, 1.165) is 21.2 Å². The summed E-state index contributed by atoms with van der Waals surface area (Å²) < 4.78 is 0.831. The Labute approximate surface area is 82.3 Å². The molecule has 0 spiro atoms. The second-order valence-electron chi connectivity index (χ2n) is 2.44. The molecule has 0 radical (unpaired) electrons. The lowest BCUT2D eigenvalue weighted by Gasteiger charge is -1.92. The van der Waals surface area contributed by atoms with Crippen LogP contribution in [-0.4, -0.2) is 15.0 Å². The number of hydrogen-bond donors (Lipinski definition) is 1. The fourth-order valence-electron chi connectivity index (χ4n) is 1.10. The molecule has 2 rings (SSSR count). The summed E-state index contributed by atoms with van der Waals surface area (Å²) >= 11 is 9.21. The third kappa shape index (κ3) is 1.03. The van der Waals surface area contributed by atoms with Crippen molar-refractivity contribution in [2.45, 2.75) is 6.92 Å². The highest BCUT2D eigenvalue weighted by Gasteiger charge is 2.10. The third-order valence-corrected chi connectivity index (χ3v) is 2.98. The van der Waals surface area contributed by atoms with Gasteiger partial charge in [-0.1, -0.05) is 11.6 Å². The Hall–Kier alpha value is -0.610. The van der Waals surface area contributed by atoms with E-state index in [1.807, 2.05) is 6.92 Å². The molecule has 0 aromatic carbocycles. The van der Waals surface area contributed by atoms with E-state index in [-0.39, 0.29) is 0 Å². The highest BCUT2D eigenvalue weighted by atomic mass is 79.9. The standard InChI is InChI=1S/C7H5BrClN3/c1-3-4-5(8)6(9)12-7(4)11-2-10-3/h2H,1H3,(H,10,11,12). The van der Waals surface area contributed by atoms with Crippen molar-refractivity contribution < 1.29 is 0 Å². The Morgan fingerprint density at radius 3 is 2.92 bits per heavy atom. The van der Waals surface area contributed by atoms with E-state index in [1.165, 1.54) is 6.33 Å². The molecular weight excluding hydrogens is 241 g/mol. The van der Waals surface area contributed by atoms with Crippen LogP contribution >= 0.6 is 27.5 Å². The maximum atomic E-state index is 5.85. The first-order valence-corrected chi connectivity index (χ1v) is 4.51. The number of halogens is 2. The van der Waals surface area contributed by atoms with E-state index in [2.05, 4.69) is 30.9 Å². The van der Waals surface area contributed by atoms with Gasteiger partial charge in [-0.05, 0) is 22.9 Å². The number of H-pyrrole nitrogens is 1. The SMILES string of the molecule is Cc1ncnc2[nH]c(Cl)c(Br)c12. The molecule has 0 aliphatic carbocycles. The zero-order valence-electron chi connectivity index (χ0n) is 6.23. The number of fused-ring (bicyclic) bond motifs is 1. The quantitative estimate of drug-likeness (QED) is 0.776. The first-order valence-electron chi connectivity index (χ1n) is 3.34. The molecule has 1 N–H and O–H groups in total. The van der Waals surface area contributed by atoms with Gasteiger partial charge in [0.05, 0.1) is 15.6 Å². The number of aromatic nitrogens is 3. The lowest BCUT2D eigenvalue weighted by Crippen LogP contribution is -1.84. The van der Waals surface area contributed by atoms with E-state index in [0.29, 0.717) is 5.15 Å². The Kier molecular flexibility index (Phi) is 1.81. The molecule has 0 saturated carbocycles. The molecular formula is C7H5BrClN3. The van der Waals surface area contributed by atoms with Crippen molar-refractivity contribution in [3.05, 3.63) is 21.6 Å². The maximum absolute atomic E-state index is 5.85. The van der Waals surface area contributed by atoms with E-state index in [1.54, 1.807) is 0 Å². The van der Waals surface area contributed by atoms with Gasteiger partial charge in [-0.3, -0.25) is 0 Å². The third-order valence-electron chi connectivity index (χ3n) is 1.68. The van der Waals surface area contributed by atoms with Gasteiger partial charge in [0.25, 0.3) is 0 Å². The lowest BCUT2D eigenvalue weighted by molar-refractivity contribution is 1.14. The van der Waals surface area contributed by atoms with E-state index < -0.39 is 0 Å². The first kappa shape index (κ1) is 8.01. The van der Waals surface area contributed by atoms with Crippen molar-refractivity contribution in [1.82, 2.24) is 15.0 Å². The summed E-state index contributed by atoms with van der Waals surface area (Å²) in [5.74, 6) is 0. The number of nitrogens with one attached hydrogen (secondary N) is 1. The number of nitrogens with zero attached hydrogens (tertiary/aromatic N) is 2. The summed E-state index contributed by atoms with van der Waals surface area (Å²) in [5.41, 5.74) is 1.68. The Morgan fingerprint density at radius 1 is 1.50 bits per heavy atom. The van der Waals surface area contributed by atoms with Gasteiger partial charge < -0.3 is 4.98 Å². The van der Waals surface area contributed by atoms with Gasteiger partial charge in [0, 0.05) is 0 Å². The number of hydrogen-bond acceptors (Lipinski definition) is 2. The van der Waals surface area contributed by atoms with E-state index >= 15 is 0 Å². The first-order chi connectivity index (χ1) is 5.70. The predicted molar refractivity (Wildman–Crippen MR) is 51.3 cm³/mol. The number of rotatable bonds is 0. The topological polar surface area (TPSA) is 41.6 Å². The second kappa shape index (κ2) is 2.71. The van der Waals surface area contributed by atoms with Crippen molar-refractivity contribution in [2.75, 3.05) is 0 Å². The van der Waals surface area contributed by atoms with Crippen LogP contribution in [0.4, 0.5) is 0 Å². The molecule has 0 atom stereocenters. The molecule has 0 unspecified atom stereocenters. The summed E-state index contributed by atoms with van der Waals surface area (Å²) in [7, 11) is 0. The second-order valence-corrected chi connectivity index (χ2v) is 3.61. The van der Waals surface area contributed by atoms with Gasteiger partial charge in [0.15, 0.2) is 0 Å². The maximum Gasteiger partial charge on any atom is 0.143 e. The Morgan fingerprint density at radius 2 is 2.25 bits per heavy atom. The lowest BCUT2D eigenvalue weighted by atomic mass is 10.3. The zero-order chi connectivity index (χ0) is 8.72. The molecule has 0 bridgehead atoms. The predicted octanol–water partition coefficient (Wildman–Crippen LogP) is 2.68. The summed E-state index contributed by atoms with van der Waals surface area (Å²) in [6, 6.07) is 0. The summed E-state index contributed by atoms with van der Waals surface area (Å²) in [6.45, 7) is 1.92. The molecule has 0 aliphatic rings. The van der Waals surface area contributed by atoms with Crippen LogP contribution in [0.15, 0.2) is 10.8 Å². The van der Waals surface area contributed by atoms with E-state index in [4.69, 9.17) is 11.6 Å². The highest BCUT2D eigenvalue weighted by molar-refractivity contribution is 9.10. The monoisotopic (exact) mass is 245 g/mol. The van der Waals surface area contributed by atoms with Crippen LogP contribution in [-0.2, 0) is 0 Å². The number of aromatic amines is 1. The molecule has 0 saturated heterocycles. The van der Waals surface area contributed by atoms with Crippen molar-refractivity contribution >= 4 is 38.6 Å². The van der Waals surface area contributed by atoms with Gasteiger partial charge in [0.1, 0.15) is 17.1 Å². The minimum absolute atomic E-state index is 0.564. The highest BCUT2D eigenvalue weighted by Crippen LogP contribution is 2.31.